The number of halogens is 1. The summed E-state index contributed by atoms with van der Waals surface area (Å²) >= 11 is 0. The Morgan fingerprint density at radius 1 is 0.850 bits per heavy atom. The summed E-state index contributed by atoms with van der Waals surface area (Å²) in [6, 6.07) is 25.3. The van der Waals surface area contributed by atoms with E-state index in [1.165, 1.54) is 24.1 Å². The van der Waals surface area contributed by atoms with Crippen LogP contribution in [-0.2, 0) is 6.61 Å². The third-order valence-corrected chi connectivity index (χ3v) is 6.25. The molecule has 0 saturated heterocycles. The monoisotopic (exact) mass is 534 g/mol. The van der Waals surface area contributed by atoms with E-state index in [2.05, 4.69) is 15.3 Å². The number of ether oxygens (including phenoxy) is 2. The Balaban J connectivity index is 1.37. The second-order valence-electron chi connectivity index (χ2n) is 8.81. The van der Waals surface area contributed by atoms with Crippen molar-refractivity contribution in [1.82, 2.24) is 29.3 Å². The molecule has 0 unspecified atom stereocenters. The average molecular weight is 535 g/mol. The first-order chi connectivity index (χ1) is 19.6. The van der Waals surface area contributed by atoms with Gasteiger partial charge in [0.05, 0.1) is 36.6 Å². The second kappa shape index (κ2) is 10.7. The molecule has 6 aromatic rings. The lowest BCUT2D eigenvalue weighted by atomic mass is 10.2. The molecule has 3 heterocycles. The van der Waals surface area contributed by atoms with Gasteiger partial charge in [-0.1, -0.05) is 36.4 Å². The number of hydrogen-bond donors (Lipinski definition) is 0. The van der Waals surface area contributed by atoms with E-state index < -0.39 is 11.2 Å². The van der Waals surface area contributed by atoms with E-state index in [1.807, 2.05) is 54.6 Å². The molecule has 3 aromatic heterocycles. The lowest BCUT2D eigenvalue weighted by Gasteiger charge is -2.14. The third kappa shape index (κ3) is 4.85. The van der Waals surface area contributed by atoms with Crippen LogP contribution in [0.25, 0.3) is 28.5 Å². The Kier molecular flexibility index (Phi) is 6.63. The minimum atomic E-state index is -0.547. The van der Waals surface area contributed by atoms with Gasteiger partial charge in [-0.05, 0) is 42.0 Å². The number of benzene rings is 3. The molecule has 3 aromatic carbocycles. The molecule has 6 rings (SSSR count). The van der Waals surface area contributed by atoms with Crippen LogP contribution in [0.4, 0.5) is 4.39 Å². The average Bonchev–Trinajstić information content (AvgIpc) is 3.70. The SMILES string of the molecule is COc1cn(-c2ccc(-n3cccn3)cc2F)nc(-c2ccnn2-c2cccc(OCc3ccccc3)c2)c1=O. The van der Waals surface area contributed by atoms with Gasteiger partial charge in [0.25, 0.3) is 5.43 Å². The molecule has 0 saturated carbocycles. The molecule has 0 spiro atoms. The number of rotatable bonds is 8. The summed E-state index contributed by atoms with van der Waals surface area (Å²) in [5, 5.41) is 13.1. The van der Waals surface area contributed by atoms with Crippen molar-refractivity contribution in [2.24, 2.45) is 0 Å². The predicted molar refractivity (Wildman–Crippen MR) is 147 cm³/mol. The molecule has 0 N–H and O–H groups in total. The van der Waals surface area contributed by atoms with E-state index in [-0.39, 0.29) is 17.1 Å². The highest BCUT2D eigenvalue weighted by atomic mass is 19.1. The molecule has 10 heteroatoms. The largest absolute Gasteiger partial charge is 0.491 e. The molecule has 0 aliphatic carbocycles. The highest BCUT2D eigenvalue weighted by Gasteiger charge is 2.19. The van der Waals surface area contributed by atoms with Gasteiger partial charge in [-0.2, -0.15) is 15.3 Å². The Labute approximate surface area is 228 Å². The summed E-state index contributed by atoms with van der Waals surface area (Å²) in [7, 11) is 1.38. The summed E-state index contributed by atoms with van der Waals surface area (Å²) in [5.41, 5.74) is 2.39. The number of aromatic nitrogens is 6. The van der Waals surface area contributed by atoms with Crippen LogP contribution in [0.15, 0.2) is 115 Å². The number of hydrogen-bond acceptors (Lipinski definition) is 6. The first-order valence-electron chi connectivity index (χ1n) is 12.4. The molecule has 198 valence electrons. The van der Waals surface area contributed by atoms with E-state index in [4.69, 9.17) is 9.47 Å². The van der Waals surface area contributed by atoms with Crippen LogP contribution < -0.4 is 14.9 Å². The Bertz CT molecular complexity index is 1830. The van der Waals surface area contributed by atoms with Crippen LogP contribution in [-0.4, -0.2) is 36.5 Å². The van der Waals surface area contributed by atoms with E-state index in [0.717, 1.165) is 5.56 Å². The van der Waals surface area contributed by atoms with Gasteiger partial charge < -0.3 is 9.47 Å². The molecule has 0 aliphatic heterocycles. The maximum Gasteiger partial charge on any atom is 0.251 e. The minimum Gasteiger partial charge on any atom is -0.491 e. The van der Waals surface area contributed by atoms with E-state index in [1.54, 1.807) is 52.2 Å². The predicted octanol–water partition coefficient (Wildman–Crippen LogP) is 5.00. The van der Waals surface area contributed by atoms with Gasteiger partial charge in [-0.3, -0.25) is 4.79 Å². The smallest absolute Gasteiger partial charge is 0.251 e. The fourth-order valence-corrected chi connectivity index (χ4v) is 4.28. The van der Waals surface area contributed by atoms with Crippen LogP contribution in [0.3, 0.4) is 0 Å². The normalized spacial score (nSPS) is 10.9. The standard InChI is InChI=1S/C30H23FN6O3/c1-39-28-19-36(26-12-11-22(18-25(26)31)35-16-6-14-32-35)34-29(30(28)38)27-13-15-33-37(27)23-9-5-10-24(17-23)40-20-21-7-3-2-4-8-21/h2-19H,20H2,1H3. The molecule has 40 heavy (non-hydrogen) atoms. The molecule has 0 fully saturated rings. The number of methoxy groups -OCH3 is 1. The van der Waals surface area contributed by atoms with Gasteiger partial charge in [0.2, 0.25) is 0 Å². The van der Waals surface area contributed by atoms with Crippen molar-refractivity contribution in [3.8, 4) is 39.9 Å². The maximum absolute atomic E-state index is 15.3. The lowest BCUT2D eigenvalue weighted by Crippen LogP contribution is -2.18. The molecule has 0 atom stereocenters. The van der Waals surface area contributed by atoms with E-state index in [0.29, 0.717) is 29.4 Å². The van der Waals surface area contributed by atoms with E-state index >= 15 is 4.39 Å². The van der Waals surface area contributed by atoms with Crippen LogP contribution >= 0.6 is 0 Å². The maximum atomic E-state index is 15.3. The Morgan fingerprint density at radius 2 is 1.73 bits per heavy atom. The summed E-state index contributed by atoms with van der Waals surface area (Å²) in [5.74, 6) is 0.0975. The van der Waals surface area contributed by atoms with Crippen molar-refractivity contribution in [1.29, 1.82) is 0 Å². The van der Waals surface area contributed by atoms with Crippen LogP contribution in [0.1, 0.15) is 5.56 Å². The second-order valence-corrected chi connectivity index (χ2v) is 8.81. The van der Waals surface area contributed by atoms with Crippen molar-refractivity contribution in [2.45, 2.75) is 6.61 Å². The molecule has 9 nitrogen and oxygen atoms in total. The van der Waals surface area contributed by atoms with Crippen LogP contribution in [0, 0.1) is 5.82 Å². The van der Waals surface area contributed by atoms with E-state index in [9.17, 15) is 4.79 Å². The summed E-state index contributed by atoms with van der Waals surface area (Å²) < 4.78 is 31.0. The third-order valence-electron chi connectivity index (χ3n) is 6.25. The highest BCUT2D eigenvalue weighted by molar-refractivity contribution is 5.60. The van der Waals surface area contributed by atoms with Gasteiger partial charge in [0.15, 0.2) is 17.3 Å². The van der Waals surface area contributed by atoms with Gasteiger partial charge in [0.1, 0.15) is 18.0 Å². The zero-order valence-electron chi connectivity index (χ0n) is 21.4. The van der Waals surface area contributed by atoms with Crippen LogP contribution in [0.2, 0.25) is 0 Å². The van der Waals surface area contributed by atoms with Gasteiger partial charge >= 0.3 is 0 Å². The van der Waals surface area contributed by atoms with Crippen molar-refractivity contribution < 1.29 is 13.9 Å². The summed E-state index contributed by atoms with van der Waals surface area (Å²) in [6.07, 6.45) is 6.25. The van der Waals surface area contributed by atoms with Crippen molar-refractivity contribution >= 4 is 0 Å². The molecule has 0 amide bonds. The van der Waals surface area contributed by atoms with Gasteiger partial charge in [-0.15, -0.1) is 0 Å². The molecule has 0 bridgehead atoms. The fourth-order valence-electron chi connectivity index (χ4n) is 4.28. The zero-order valence-corrected chi connectivity index (χ0v) is 21.4. The zero-order chi connectivity index (χ0) is 27.5. The first-order valence-corrected chi connectivity index (χ1v) is 12.4. The Morgan fingerprint density at radius 3 is 2.50 bits per heavy atom. The molecule has 0 radical (unpaired) electrons. The molecular weight excluding hydrogens is 511 g/mol. The quantitative estimate of drug-likeness (QED) is 0.273. The number of nitrogens with zero attached hydrogens (tertiary/aromatic N) is 6. The van der Waals surface area contributed by atoms with Gasteiger partial charge in [-0.25, -0.2) is 18.4 Å². The lowest BCUT2D eigenvalue weighted by molar-refractivity contribution is 0.306. The first kappa shape index (κ1) is 24.8. The molecular formula is C30H23FN6O3. The van der Waals surface area contributed by atoms with Crippen molar-refractivity contribution in [3.63, 3.8) is 0 Å². The minimum absolute atomic E-state index is 0.00764. The van der Waals surface area contributed by atoms with Crippen molar-refractivity contribution in [3.05, 3.63) is 131 Å². The Hall–Kier alpha value is -5.51. The summed E-state index contributed by atoms with van der Waals surface area (Å²) in [6.45, 7) is 0.406. The topological polar surface area (TPSA) is 89.0 Å². The fraction of sp³-hybridized carbons (Fsp3) is 0.0667. The highest BCUT2D eigenvalue weighted by Crippen LogP contribution is 2.25. The molecule has 0 aliphatic rings. The van der Waals surface area contributed by atoms with Crippen molar-refractivity contribution in [2.75, 3.05) is 7.11 Å². The van der Waals surface area contributed by atoms with Gasteiger partial charge in [0, 0.05) is 24.5 Å². The van der Waals surface area contributed by atoms with Crippen LogP contribution in [0.5, 0.6) is 11.5 Å². The summed E-state index contributed by atoms with van der Waals surface area (Å²) in [4.78, 5) is 13.3.